The van der Waals surface area contributed by atoms with E-state index in [-0.39, 0.29) is 0 Å². The van der Waals surface area contributed by atoms with Crippen molar-refractivity contribution in [1.29, 1.82) is 0 Å². The van der Waals surface area contributed by atoms with E-state index in [9.17, 15) is 0 Å². The van der Waals surface area contributed by atoms with E-state index in [1.165, 1.54) is 0 Å². The Morgan fingerprint density at radius 3 is 2.57 bits per heavy atom. The van der Waals surface area contributed by atoms with Crippen LogP contribution >= 0.6 is 23.4 Å². The Balaban J connectivity index is 2.20. The lowest BCUT2D eigenvalue weighted by atomic mass is 10.1. The predicted molar refractivity (Wildman–Crippen MR) is 98.5 cm³/mol. The van der Waals surface area contributed by atoms with Crippen LogP contribution in [-0.4, -0.2) is 19.8 Å². The number of aryl methyl sites for hydroxylation is 2. The molecule has 1 atom stereocenters. The van der Waals surface area contributed by atoms with E-state index >= 15 is 0 Å². The summed E-state index contributed by atoms with van der Waals surface area (Å²) in [4.78, 5) is 4.74. The molecule has 3 rings (SSSR count). The van der Waals surface area contributed by atoms with Crippen LogP contribution in [-0.2, 0) is 0 Å². The van der Waals surface area contributed by atoms with Crippen LogP contribution in [0, 0.1) is 13.8 Å². The van der Waals surface area contributed by atoms with Crippen molar-refractivity contribution in [3.63, 3.8) is 0 Å². The van der Waals surface area contributed by atoms with Gasteiger partial charge in [-0.15, -0.1) is 11.8 Å². The molecule has 0 saturated heterocycles. The molecule has 0 bridgehead atoms. The molecular weight excluding hydrogens is 326 g/mol. The van der Waals surface area contributed by atoms with Crippen LogP contribution in [0.4, 0.5) is 0 Å². The van der Waals surface area contributed by atoms with Gasteiger partial charge in [0, 0.05) is 21.5 Å². The maximum atomic E-state index is 6.01. The summed E-state index contributed by atoms with van der Waals surface area (Å²) >= 11 is 7.86. The Morgan fingerprint density at radius 2 is 1.91 bits per heavy atom. The number of hydrogen-bond acceptors (Lipinski definition) is 3. The van der Waals surface area contributed by atoms with E-state index in [0.29, 0.717) is 5.25 Å². The van der Waals surface area contributed by atoms with Gasteiger partial charge in [-0.3, -0.25) is 0 Å². The zero-order chi connectivity index (χ0) is 16.6. The smallest absolute Gasteiger partial charge is 0.164 e. The molecule has 5 heteroatoms. The fourth-order valence-electron chi connectivity index (χ4n) is 2.54. The first kappa shape index (κ1) is 16.3. The minimum Gasteiger partial charge on any atom is -0.233 e. The van der Waals surface area contributed by atoms with Crippen molar-refractivity contribution in [1.82, 2.24) is 14.6 Å². The second-order valence-electron chi connectivity index (χ2n) is 5.78. The van der Waals surface area contributed by atoms with Crippen molar-refractivity contribution in [3.8, 4) is 11.1 Å². The van der Waals surface area contributed by atoms with Gasteiger partial charge < -0.3 is 0 Å². The molecule has 0 fully saturated rings. The monoisotopic (exact) mass is 345 g/mol. The third-order valence-electron chi connectivity index (χ3n) is 3.89. The van der Waals surface area contributed by atoms with E-state index < -0.39 is 0 Å². The van der Waals surface area contributed by atoms with Crippen molar-refractivity contribution >= 4 is 29.0 Å². The van der Waals surface area contributed by atoms with Crippen LogP contribution in [0.25, 0.3) is 16.8 Å². The molecule has 0 amide bonds. The lowest BCUT2D eigenvalue weighted by molar-refractivity contribution is 0.812. The highest BCUT2D eigenvalue weighted by atomic mass is 35.5. The molecule has 1 aromatic carbocycles. The largest absolute Gasteiger partial charge is 0.233 e. The molecule has 2 aromatic heterocycles. The normalized spacial score (nSPS) is 12.7. The molecule has 0 N–H and O–H groups in total. The van der Waals surface area contributed by atoms with Crippen LogP contribution < -0.4 is 0 Å². The number of rotatable bonds is 4. The van der Waals surface area contributed by atoms with Crippen LogP contribution in [0.2, 0.25) is 5.02 Å². The van der Waals surface area contributed by atoms with Crippen LogP contribution in [0.5, 0.6) is 0 Å². The number of fused-ring (bicyclic) bond motifs is 1. The number of thioether (sulfide) groups is 1. The third-order valence-corrected chi connectivity index (χ3v) is 5.41. The van der Waals surface area contributed by atoms with E-state index in [0.717, 1.165) is 44.6 Å². The van der Waals surface area contributed by atoms with Crippen LogP contribution in [0.3, 0.4) is 0 Å². The van der Waals surface area contributed by atoms with Crippen molar-refractivity contribution < 1.29 is 0 Å². The van der Waals surface area contributed by atoms with Crippen molar-refractivity contribution in [2.24, 2.45) is 0 Å². The lowest BCUT2D eigenvalue weighted by Gasteiger charge is -2.10. The molecular formula is C18H20ClN3S. The van der Waals surface area contributed by atoms with E-state index in [1.807, 2.05) is 54.4 Å². The summed E-state index contributed by atoms with van der Waals surface area (Å²) in [5, 5.41) is 7.17. The number of benzene rings is 1. The second-order valence-corrected chi connectivity index (χ2v) is 7.67. The first-order valence-electron chi connectivity index (χ1n) is 7.79. The van der Waals surface area contributed by atoms with Crippen LogP contribution in [0.1, 0.15) is 31.7 Å². The maximum absolute atomic E-state index is 6.01. The van der Waals surface area contributed by atoms with E-state index in [4.69, 9.17) is 21.7 Å². The van der Waals surface area contributed by atoms with Gasteiger partial charge in [0.2, 0.25) is 0 Å². The van der Waals surface area contributed by atoms with Gasteiger partial charge >= 0.3 is 0 Å². The third kappa shape index (κ3) is 3.24. The minimum absolute atomic E-state index is 0.545. The molecule has 0 aliphatic rings. The minimum atomic E-state index is 0.545. The topological polar surface area (TPSA) is 30.2 Å². The predicted octanol–water partition coefficient (Wildman–Crippen LogP) is 5.56. The summed E-state index contributed by atoms with van der Waals surface area (Å²) in [6.07, 6.45) is 1.12. The van der Waals surface area contributed by atoms with Gasteiger partial charge in [-0.1, -0.05) is 37.6 Å². The highest BCUT2D eigenvalue weighted by Gasteiger charge is 2.17. The van der Waals surface area contributed by atoms with Gasteiger partial charge in [0.15, 0.2) is 5.65 Å². The van der Waals surface area contributed by atoms with Gasteiger partial charge in [-0.05, 0) is 44.0 Å². The second kappa shape index (κ2) is 6.54. The molecule has 23 heavy (non-hydrogen) atoms. The van der Waals surface area contributed by atoms with Crippen molar-refractivity contribution in [3.05, 3.63) is 46.7 Å². The Kier molecular flexibility index (Phi) is 4.64. The Labute approximate surface area is 146 Å². The Morgan fingerprint density at radius 1 is 1.22 bits per heavy atom. The van der Waals surface area contributed by atoms with Crippen molar-refractivity contribution in [2.75, 3.05) is 0 Å². The summed E-state index contributed by atoms with van der Waals surface area (Å²) in [7, 11) is 0. The van der Waals surface area contributed by atoms with E-state index in [1.54, 1.807) is 0 Å². The zero-order valence-corrected chi connectivity index (χ0v) is 15.4. The fraction of sp³-hybridized carbons (Fsp3) is 0.333. The summed E-state index contributed by atoms with van der Waals surface area (Å²) < 4.78 is 1.98. The first-order chi connectivity index (χ1) is 11.0. The van der Waals surface area contributed by atoms with Crippen LogP contribution in [0.15, 0.2) is 35.4 Å². The SMILES string of the molecule is CCC(C)Sc1cc(C)nc2c(-c3ccc(Cl)cc3)c(C)nn12. The lowest BCUT2D eigenvalue weighted by Crippen LogP contribution is -2.01. The average molecular weight is 346 g/mol. The van der Waals surface area contributed by atoms with Gasteiger partial charge in [0.25, 0.3) is 0 Å². The molecule has 1 unspecified atom stereocenters. The van der Waals surface area contributed by atoms with E-state index in [2.05, 4.69) is 19.9 Å². The molecule has 0 aliphatic carbocycles. The number of nitrogens with zero attached hydrogens (tertiary/aromatic N) is 3. The molecule has 2 heterocycles. The molecule has 0 spiro atoms. The van der Waals surface area contributed by atoms with Gasteiger partial charge in [-0.2, -0.15) is 5.10 Å². The fourth-order valence-corrected chi connectivity index (χ4v) is 3.71. The van der Waals surface area contributed by atoms with Gasteiger partial charge in [0.05, 0.1) is 5.69 Å². The highest BCUT2D eigenvalue weighted by Crippen LogP contribution is 2.32. The molecule has 120 valence electrons. The molecule has 0 saturated carbocycles. The number of hydrogen-bond donors (Lipinski definition) is 0. The molecule has 0 aliphatic heterocycles. The highest BCUT2D eigenvalue weighted by molar-refractivity contribution is 7.99. The Bertz CT molecular complexity index is 840. The van der Waals surface area contributed by atoms with Gasteiger partial charge in [0.1, 0.15) is 5.03 Å². The molecule has 0 radical (unpaired) electrons. The quantitative estimate of drug-likeness (QED) is 0.458. The summed E-state index contributed by atoms with van der Waals surface area (Å²) in [5.41, 5.74) is 5.08. The standard InChI is InChI=1S/C18H20ClN3S/c1-5-12(3)23-16-10-11(2)20-18-17(13(4)21-22(16)18)14-6-8-15(19)9-7-14/h6-10,12H,5H2,1-4H3. The molecule has 3 aromatic rings. The summed E-state index contributed by atoms with van der Waals surface area (Å²) in [6.45, 7) is 8.51. The number of halogens is 1. The maximum Gasteiger partial charge on any atom is 0.164 e. The number of aromatic nitrogens is 3. The zero-order valence-electron chi connectivity index (χ0n) is 13.8. The summed E-state index contributed by atoms with van der Waals surface area (Å²) in [6, 6.07) is 9.98. The summed E-state index contributed by atoms with van der Waals surface area (Å²) in [5.74, 6) is 0. The van der Waals surface area contributed by atoms with Gasteiger partial charge in [-0.25, -0.2) is 9.50 Å². The average Bonchev–Trinajstić information content (AvgIpc) is 2.84. The van der Waals surface area contributed by atoms with Crippen molar-refractivity contribution in [2.45, 2.75) is 44.4 Å². The molecule has 3 nitrogen and oxygen atoms in total. The first-order valence-corrected chi connectivity index (χ1v) is 9.05. The Hall–Kier alpha value is -1.52.